The molecule has 1 saturated heterocycles. The normalized spacial score (nSPS) is 14.9. The van der Waals surface area contributed by atoms with Gasteiger partial charge >= 0.3 is 6.36 Å². The number of H-pyrrole nitrogens is 1. The molecule has 0 amide bonds. The van der Waals surface area contributed by atoms with Crippen molar-refractivity contribution in [2.24, 2.45) is 0 Å². The Labute approximate surface area is 227 Å². The fourth-order valence-electron chi connectivity index (χ4n) is 5.18. The molecule has 1 aliphatic heterocycles. The van der Waals surface area contributed by atoms with Crippen molar-refractivity contribution in [3.8, 4) is 17.0 Å². The minimum Gasteiger partial charge on any atom is -0.405 e. The predicted molar refractivity (Wildman–Crippen MR) is 155 cm³/mol. The zero-order valence-electron chi connectivity index (χ0n) is 22.5. The van der Waals surface area contributed by atoms with Gasteiger partial charge in [-0.3, -0.25) is 0 Å². The number of anilines is 3. The number of halogens is 3. The maximum absolute atomic E-state index is 13.5. The maximum atomic E-state index is 13.5. The lowest BCUT2D eigenvalue weighted by Gasteiger charge is -2.36. The summed E-state index contributed by atoms with van der Waals surface area (Å²) in [6.07, 6.45) is -1.23. The van der Waals surface area contributed by atoms with Crippen molar-refractivity contribution < 1.29 is 17.9 Å². The summed E-state index contributed by atoms with van der Waals surface area (Å²) in [5.74, 6) is -0.233. The maximum Gasteiger partial charge on any atom is 0.573 e. The third-order valence-corrected chi connectivity index (χ3v) is 8.58. The molecule has 3 heterocycles. The van der Waals surface area contributed by atoms with Crippen molar-refractivity contribution in [3.63, 3.8) is 0 Å². The molecule has 0 spiro atoms. The second-order valence-electron chi connectivity index (χ2n) is 10.3. The number of rotatable bonds is 7. The van der Waals surface area contributed by atoms with Crippen LogP contribution in [0.5, 0.6) is 5.75 Å². The molecular weight excluding hydrogens is 522 g/mol. The molecule has 5 rings (SSSR count). The first-order valence-electron chi connectivity index (χ1n) is 12.9. The number of nitrogens with zero attached hydrogens (tertiary/aromatic N) is 3. The Morgan fingerprint density at radius 3 is 2.46 bits per heavy atom. The van der Waals surface area contributed by atoms with Gasteiger partial charge in [-0.1, -0.05) is 26.1 Å². The lowest BCUT2D eigenvalue weighted by atomic mass is 10.0. The van der Waals surface area contributed by atoms with Crippen molar-refractivity contribution in [2.75, 3.05) is 50.7 Å². The Kier molecular flexibility index (Phi) is 7.74. The summed E-state index contributed by atoms with van der Waals surface area (Å²) in [5.41, 5.74) is 3.96. The van der Waals surface area contributed by atoms with Crippen LogP contribution in [-0.4, -0.2) is 67.8 Å². The Balaban J connectivity index is 1.50. The number of ether oxygens (including phenoxy) is 1. The standard InChI is InChI=1S/C29H33F3N5OP/c1-36(2)19-12-15-37(16-13-19)20-9-10-21(26(17-20)38-29(30,31)32)25-18-22-23(11-14-33-28(22)35-25)34-24-7-5-6-8-27(24)39(3)4/h5-11,14,17-19H,12-13,15-16H2,1-4H3,(H2,33,34,35). The summed E-state index contributed by atoms with van der Waals surface area (Å²) in [5, 5.41) is 5.53. The van der Waals surface area contributed by atoms with Gasteiger partial charge in [-0.05, 0) is 75.9 Å². The highest BCUT2D eigenvalue weighted by Crippen LogP contribution is 2.39. The molecule has 10 heteroatoms. The van der Waals surface area contributed by atoms with E-state index in [0.29, 0.717) is 22.9 Å². The van der Waals surface area contributed by atoms with Gasteiger partial charge in [-0.2, -0.15) is 0 Å². The van der Waals surface area contributed by atoms with Crippen LogP contribution < -0.4 is 20.3 Å². The van der Waals surface area contributed by atoms with Crippen molar-refractivity contribution in [1.82, 2.24) is 14.9 Å². The average molecular weight is 556 g/mol. The van der Waals surface area contributed by atoms with Crippen LogP contribution in [0.4, 0.5) is 30.2 Å². The van der Waals surface area contributed by atoms with E-state index in [4.69, 9.17) is 0 Å². The molecule has 206 valence electrons. The van der Waals surface area contributed by atoms with Crippen LogP contribution in [0.3, 0.4) is 0 Å². The Hall–Kier alpha value is -3.29. The minimum atomic E-state index is -4.81. The molecule has 0 unspecified atom stereocenters. The van der Waals surface area contributed by atoms with E-state index < -0.39 is 6.36 Å². The minimum absolute atomic E-state index is 0.233. The molecule has 1 aliphatic rings. The summed E-state index contributed by atoms with van der Waals surface area (Å²) < 4.78 is 45.0. The number of hydrogen-bond acceptors (Lipinski definition) is 5. The lowest BCUT2D eigenvalue weighted by Crippen LogP contribution is -2.42. The molecule has 39 heavy (non-hydrogen) atoms. The summed E-state index contributed by atoms with van der Waals surface area (Å²) in [6, 6.07) is 17.4. The van der Waals surface area contributed by atoms with Gasteiger partial charge < -0.3 is 24.8 Å². The molecule has 2 aromatic carbocycles. The molecular formula is C29H33F3N5OP. The Bertz CT molecular complexity index is 1440. The number of aromatic nitrogens is 2. The summed E-state index contributed by atoms with van der Waals surface area (Å²) >= 11 is 0. The number of benzene rings is 2. The Morgan fingerprint density at radius 1 is 1.03 bits per heavy atom. The number of fused-ring (bicyclic) bond motifs is 1. The van der Waals surface area contributed by atoms with Gasteiger partial charge in [0.05, 0.1) is 11.4 Å². The zero-order chi connectivity index (χ0) is 27.7. The first kappa shape index (κ1) is 27.3. The van der Waals surface area contributed by atoms with Crippen LogP contribution in [-0.2, 0) is 0 Å². The van der Waals surface area contributed by atoms with Crippen LogP contribution in [0.25, 0.3) is 22.3 Å². The largest absolute Gasteiger partial charge is 0.573 e. The number of pyridine rings is 1. The van der Waals surface area contributed by atoms with E-state index >= 15 is 0 Å². The van der Waals surface area contributed by atoms with Gasteiger partial charge in [0.15, 0.2) is 0 Å². The molecule has 0 aliphatic carbocycles. The van der Waals surface area contributed by atoms with Gasteiger partial charge in [-0.15, -0.1) is 13.2 Å². The number of alkyl halides is 3. The third-order valence-electron chi connectivity index (χ3n) is 7.23. The summed E-state index contributed by atoms with van der Waals surface area (Å²) in [4.78, 5) is 12.0. The number of aromatic amines is 1. The highest BCUT2D eigenvalue weighted by molar-refractivity contribution is 7.64. The van der Waals surface area contributed by atoms with Crippen LogP contribution in [0, 0.1) is 0 Å². The predicted octanol–water partition coefficient (Wildman–Crippen LogP) is 6.77. The molecule has 2 aromatic heterocycles. The topological polar surface area (TPSA) is 56.4 Å². The van der Waals surface area contributed by atoms with Gasteiger partial charge in [-0.25, -0.2) is 4.98 Å². The van der Waals surface area contributed by atoms with Gasteiger partial charge in [0.1, 0.15) is 11.4 Å². The van der Waals surface area contributed by atoms with Crippen molar-refractivity contribution in [2.45, 2.75) is 25.2 Å². The fourth-order valence-corrected chi connectivity index (χ4v) is 6.17. The SMILES string of the molecule is CN(C)C1CCN(c2ccc(-c3cc4c(Nc5ccccc5P(C)C)ccnc4[nH]3)c(OC(F)(F)F)c2)CC1. The van der Waals surface area contributed by atoms with Crippen LogP contribution >= 0.6 is 7.92 Å². The molecule has 0 saturated carbocycles. The molecule has 1 fully saturated rings. The average Bonchev–Trinajstić information content (AvgIpc) is 3.33. The zero-order valence-corrected chi connectivity index (χ0v) is 23.4. The smallest absolute Gasteiger partial charge is 0.405 e. The van der Waals surface area contributed by atoms with Gasteiger partial charge in [0.2, 0.25) is 0 Å². The van der Waals surface area contributed by atoms with E-state index in [0.717, 1.165) is 48.4 Å². The molecule has 0 radical (unpaired) electrons. The first-order chi connectivity index (χ1) is 18.6. The molecule has 6 nitrogen and oxygen atoms in total. The number of para-hydroxylation sites is 1. The quantitative estimate of drug-likeness (QED) is 0.247. The number of hydrogen-bond donors (Lipinski definition) is 2. The van der Waals surface area contributed by atoms with E-state index in [1.165, 1.54) is 11.4 Å². The molecule has 0 bridgehead atoms. The Morgan fingerprint density at radius 2 is 1.77 bits per heavy atom. The number of nitrogens with one attached hydrogen (secondary N) is 2. The third kappa shape index (κ3) is 6.15. The molecule has 0 atom stereocenters. The second kappa shape index (κ2) is 11.1. The van der Waals surface area contributed by atoms with Crippen LogP contribution in [0.1, 0.15) is 12.8 Å². The molecule has 2 N–H and O–H groups in total. The summed E-state index contributed by atoms with van der Waals surface area (Å²) in [7, 11) is 3.79. The second-order valence-corrected chi connectivity index (χ2v) is 12.5. The van der Waals surface area contributed by atoms with E-state index in [-0.39, 0.29) is 13.7 Å². The monoisotopic (exact) mass is 555 g/mol. The van der Waals surface area contributed by atoms with Gasteiger partial charge in [0.25, 0.3) is 0 Å². The van der Waals surface area contributed by atoms with E-state index in [9.17, 15) is 13.2 Å². The molecule has 4 aromatic rings. The highest BCUT2D eigenvalue weighted by Gasteiger charge is 2.33. The van der Waals surface area contributed by atoms with E-state index in [2.05, 4.69) is 63.3 Å². The van der Waals surface area contributed by atoms with Crippen LogP contribution in [0.2, 0.25) is 0 Å². The summed E-state index contributed by atoms with van der Waals surface area (Å²) in [6.45, 7) is 5.95. The van der Waals surface area contributed by atoms with E-state index in [1.54, 1.807) is 12.3 Å². The first-order valence-corrected chi connectivity index (χ1v) is 15.2. The highest BCUT2D eigenvalue weighted by atomic mass is 31.1. The van der Waals surface area contributed by atoms with E-state index in [1.807, 2.05) is 36.4 Å². The van der Waals surface area contributed by atoms with Crippen molar-refractivity contribution >= 4 is 41.3 Å². The van der Waals surface area contributed by atoms with Gasteiger partial charge in [0, 0.05) is 53.7 Å². The van der Waals surface area contributed by atoms with Crippen molar-refractivity contribution in [1.29, 1.82) is 0 Å². The fraction of sp³-hybridized carbons (Fsp3) is 0.345. The number of piperidine rings is 1. The lowest BCUT2D eigenvalue weighted by molar-refractivity contribution is -0.274. The van der Waals surface area contributed by atoms with Crippen LogP contribution in [0.15, 0.2) is 60.8 Å². The van der Waals surface area contributed by atoms with Crippen molar-refractivity contribution in [3.05, 3.63) is 60.8 Å².